The molecule has 5 heteroatoms. The fourth-order valence-electron chi connectivity index (χ4n) is 1.29. The lowest BCUT2D eigenvalue weighted by atomic mass is 10.1. The molecule has 2 aromatic rings. The Kier molecular flexibility index (Phi) is 2.37. The molecule has 1 heterocycles. The lowest BCUT2D eigenvalue weighted by molar-refractivity contribution is 0.110. The van der Waals surface area contributed by atoms with Gasteiger partial charge in [0.2, 0.25) is 0 Å². The van der Waals surface area contributed by atoms with Crippen LogP contribution in [0.25, 0.3) is 21.8 Å². The van der Waals surface area contributed by atoms with Gasteiger partial charge in [0.25, 0.3) is 0 Å². The summed E-state index contributed by atoms with van der Waals surface area (Å²) < 4.78 is 12.1. The van der Waals surface area contributed by atoms with Crippen LogP contribution in [0.1, 0.15) is 11.9 Å². The first-order chi connectivity index (χ1) is 8.20. The molecule has 0 N–H and O–H groups in total. The van der Waals surface area contributed by atoms with E-state index in [2.05, 4.69) is 10.0 Å². The predicted molar refractivity (Wildman–Crippen MR) is 58.3 cm³/mol. The average Bonchev–Trinajstić information content (AvgIpc) is 2.80. The highest BCUT2D eigenvalue weighted by Crippen LogP contribution is 2.24. The number of carbonyl (C=O) groups excluding carboxylic acids is 1. The van der Waals surface area contributed by atoms with Crippen molar-refractivity contribution in [3.05, 3.63) is 52.6 Å². The molecule has 0 fully saturated rings. The molecule has 0 amide bonds. The molecule has 0 spiro atoms. The van der Waals surface area contributed by atoms with Crippen molar-refractivity contribution in [3.63, 3.8) is 0 Å². The third kappa shape index (κ3) is 1.94. The first-order valence-electron chi connectivity index (χ1n) is 4.97. The fourth-order valence-corrected chi connectivity index (χ4v) is 1.29. The Morgan fingerprint density at radius 2 is 2.06 bits per heavy atom. The van der Waals surface area contributed by atoms with Crippen molar-refractivity contribution >= 4 is 11.9 Å². The normalized spacial score (nSPS) is 10.4. The van der Waals surface area contributed by atoms with Crippen LogP contribution in [-0.2, 0) is 0 Å². The molecule has 0 unspecified atom stereocenters. The van der Waals surface area contributed by atoms with Crippen molar-refractivity contribution in [2.75, 3.05) is 0 Å². The molecule has 0 aliphatic rings. The summed E-state index contributed by atoms with van der Waals surface area (Å²) in [5.74, 6) is 0.493. The largest absolute Gasteiger partial charge is 0.453 e. The summed E-state index contributed by atoms with van der Waals surface area (Å²) >= 11 is 0. The van der Waals surface area contributed by atoms with Crippen molar-refractivity contribution in [1.82, 2.24) is 0 Å². The zero-order valence-electron chi connectivity index (χ0n) is 9.12. The molecule has 1 aromatic heterocycles. The summed E-state index contributed by atoms with van der Waals surface area (Å²) in [6.45, 7) is 0. The van der Waals surface area contributed by atoms with Gasteiger partial charge in [0, 0.05) is 16.2 Å². The molecule has 0 saturated heterocycles. The van der Waals surface area contributed by atoms with Crippen LogP contribution in [0.4, 0.5) is 5.69 Å². The lowest BCUT2D eigenvalue weighted by Gasteiger charge is -1.96. The summed E-state index contributed by atoms with van der Waals surface area (Å²) in [5, 5.41) is 3.44. The Morgan fingerprint density at radius 3 is 2.62 bits per heavy atom. The smallest absolute Gasteiger partial charge is 0.185 e. The molecule has 1 aromatic carbocycles. The first-order valence-corrected chi connectivity index (χ1v) is 4.47. The van der Waals surface area contributed by atoms with Gasteiger partial charge >= 0.3 is 0 Å². The van der Waals surface area contributed by atoms with Crippen molar-refractivity contribution < 1.29 is 10.6 Å². The van der Waals surface area contributed by atoms with Gasteiger partial charge in [-0.25, -0.2) is 0 Å². The monoisotopic (exact) mass is 215 g/mol. The number of aldehydes is 1. The first kappa shape index (κ1) is 8.76. The van der Waals surface area contributed by atoms with Crippen LogP contribution in [0.3, 0.4) is 0 Å². The van der Waals surface area contributed by atoms with E-state index in [0.29, 0.717) is 11.4 Å². The van der Waals surface area contributed by atoms with Gasteiger partial charge in [-0.2, -0.15) is 0 Å². The highest BCUT2D eigenvalue weighted by atomic mass is 16.3. The topological polar surface area (TPSA) is 79.0 Å². The van der Waals surface area contributed by atoms with Crippen LogP contribution in [-0.4, -0.2) is 6.26 Å². The van der Waals surface area contributed by atoms with Gasteiger partial charge < -0.3 is 4.42 Å². The van der Waals surface area contributed by atoms with Gasteiger partial charge in [0.05, 0.1) is 0 Å². The molecule has 0 radical (unpaired) electrons. The number of hydrogen-bond donors (Lipinski definition) is 0. The molecular formula is C11H7N3O2. The van der Waals surface area contributed by atoms with Gasteiger partial charge in [-0.05, 0) is 17.7 Å². The molecule has 2 rings (SSSR count). The standard InChI is InChI=1S/C11H7N3O2/c12-14-13-9-3-1-8(2-4-9)11-6-5-10(7-15)16-11/h1-7H/i7T. The van der Waals surface area contributed by atoms with Crippen LogP contribution >= 0.6 is 0 Å². The minimum atomic E-state index is -0.859. The zero-order valence-corrected chi connectivity index (χ0v) is 8.12. The second-order valence-electron chi connectivity index (χ2n) is 3.00. The van der Waals surface area contributed by atoms with Crippen LogP contribution < -0.4 is 0 Å². The summed E-state index contributed by atoms with van der Waals surface area (Å²) in [7, 11) is 0. The summed E-state index contributed by atoms with van der Waals surface area (Å²) in [6, 6.07) is 9.76. The number of benzene rings is 1. The summed E-state index contributed by atoms with van der Waals surface area (Å²) in [6.07, 6.45) is -0.859. The van der Waals surface area contributed by atoms with E-state index in [4.69, 9.17) is 11.3 Å². The number of azide groups is 1. The van der Waals surface area contributed by atoms with E-state index in [9.17, 15) is 4.79 Å². The Bertz CT molecular complexity index is 597. The van der Waals surface area contributed by atoms with E-state index < -0.39 is 6.26 Å². The third-order valence-electron chi connectivity index (χ3n) is 2.02. The van der Waals surface area contributed by atoms with E-state index in [1.807, 2.05) is 0 Å². The quantitative estimate of drug-likeness (QED) is 0.338. The van der Waals surface area contributed by atoms with E-state index in [1.54, 1.807) is 30.3 Å². The van der Waals surface area contributed by atoms with Crippen molar-refractivity contribution in [1.29, 1.82) is 0 Å². The molecule has 0 aliphatic heterocycles. The van der Waals surface area contributed by atoms with E-state index in [0.717, 1.165) is 5.56 Å². The number of rotatable bonds is 3. The summed E-state index contributed by atoms with van der Waals surface area (Å²) in [4.78, 5) is 13.4. The second-order valence-corrected chi connectivity index (χ2v) is 3.00. The van der Waals surface area contributed by atoms with Crippen LogP contribution in [0.15, 0.2) is 45.9 Å². The number of furan rings is 1. The van der Waals surface area contributed by atoms with Crippen LogP contribution in [0.2, 0.25) is 0 Å². The number of carbonyl (C=O) groups is 1. The average molecular weight is 215 g/mol. The minimum Gasteiger partial charge on any atom is -0.453 e. The van der Waals surface area contributed by atoms with E-state index in [-0.39, 0.29) is 5.76 Å². The maximum Gasteiger partial charge on any atom is 0.185 e. The molecule has 0 atom stereocenters. The summed E-state index contributed by atoms with van der Waals surface area (Å²) in [5.41, 5.74) is 9.50. The highest BCUT2D eigenvalue weighted by molar-refractivity contribution is 5.73. The zero-order chi connectivity index (χ0) is 12.3. The third-order valence-corrected chi connectivity index (χ3v) is 2.02. The molecule has 78 valence electrons. The Hall–Kier alpha value is -2.52. The van der Waals surface area contributed by atoms with Crippen molar-refractivity contribution in [3.8, 4) is 11.3 Å². The molecule has 16 heavy (non-hydrogen) atoms. The Balaban J connectivity index is 2.32. The second kappa shape index (κ2) is 4.33. The fraction of sp³-hybridized carbons (Fsp3) is 0. The van der Waals surface area contributed by atoms with Crippen molar-refractivity contribution in [2.45, 2.75) is 0 Å². The number of hydrogen-bond acceptors (Lipinski definition) is 3. The molecule has 0 bridgehead atoms. The SMILES string of the molecule is [3H]C(=O)c1ccc(-c2ccc(N=[N+]=[N-])cc2)o1. The highest BCUT2D eigenvalue weighted by Gasteiger charge is 2.03. The predicted octanol–water partition coefficient (Wildman–Crippen LogP) is 3.70. The Labute approximate surface area is 92.3 Å². The molecular weight excluding hydrogens is 206 g/mol. The maximum absolute atomic E-state index is 10.7. The van der Waals surface area contributed by atoms with Gasteiger partial charge in [0.15, 0.2) is 12.0 Å². The van der Waals surface area contributed by atoms with E-state index >= 15 is 0 Å². The maximum atomic E-state index is 10.7. The van der Waals surface area contributed by atoms with E-state index in [1.165, 1.54) is 6.07 Å². The van der Waals surface area contributed by atoms with Crippen LogP contribution in [0, 0.1) is 0 Å². The van der Waals surface area contributed by atoms with Gasteiger partial charge in [-0.15, -0.1) is 0 Å². The molecule has 0 aliphatic carbocycles. The minimum absolute atomic E-state index is 0.000813. The molecule has 0 saturated carbocycles. The lowest BCUT2D eigenvalue weighted by Crippen LogP contribution is -1.72. The van der Waals surface area contributed by atoms with Gasteiger partial charge in [0.1, 0.15) is 7.13 Å². The van der Waals surface area contributed by atoms with Gasteiger partial charge in [-0.1, -0.05) is 29.4 Å². The Morgan fingerprint density at radius 1 is 1.31 bits per heavy atom. The van der Waals surface area contributed by atoms with Crippen LogP contribution in [0.5, 0.6) is 0 Å². The number of nitrogens with zero attached hydrogens (tertiary/aromatic N) is 3. The van der Waals surface area contributed by atoms with Crippen molar-refractivity contribution in [2.24, 2.45) is 5.11 Å². The van der Waals surface area contributed by atoms with Gasteiger partial charge in [-0.3, -0.25) is 4.79 Å². The molecule has 5 nitrogen and oxygen atoms in total.